The summed E-state index contributed by atoms with van der Waals surface area (Å²) in [5, 5.41) is 0. The van der Waals surface area contributed by atoms with Crippen LogP contribution in [-0.4, -0.2) is 24.9 Å². The van der Waals surface area contributed by atoms with Gasteiger partial charge < -0.3 is 10.5 Å². The van der Waals surface area contributed by atoms with Crippen LogP contribution in [0.4, 0.5) is 0 Å². The lowest BCUT2D eigenvalue weighted by Gasteiger charge is -2.13. The van der Waals surface area contributed by atoms with E-state index in [1.807, 2.05) is 30.3 Å². The molecule has 1 rings (SSSR count). The standard InChI is InChI=1S/C14H19NO3/c1-10(14(17)18-2)8-13(16)12(15)9-11-6-4-3-5-7-11/h3-7,10,12H,8-9,15H2,1-2H3/t10-,12+/m1/s1. The highest BCUT2D eigenvalue weighted by Gasteiger charge is 2.21. The van der Waals surface area contributed by atoms with Crippen LogP contribution in [0.3, 0.4) is 0 Å². The first-order chi connectivity index (χ1) is 8.54. The van der Waals surface area contributed by atoms with Gasteiger partial charge in [0.1, 0.15) is 0 Å². The Bertz CT molecular complexity index is 403. The number of hydrogen-bond acceptors (Lipinski definition) is 4. The Hall–Kier alpha value is -1.68. The number of hydrogen-bond donors (Lipinski definition) is 1. The third-order valence-corrected chi connectivity index (χ3v) is 2.82. The summed E-state index contributed by atoms with van der Waals surface area (Å²) in [4.78, 5) is 23.1. The molecule has 0 radical (unpaired) electrons. The van der Waals surface area contributed by atoms with Crippen LogP contribution in [0, 0.1) is 5.92 Å². The van der Waals surface area contributed by atoms with E-state index in [-0.39, 0.29) is 18.2 Å². The van der Waals surface area contributed by atoms with Crippen LogP contribution in [0.5, 0.6) is 0 Å². The number of esters is 1. The maximum absolute atomic E-state index is 11.8. The average molecular weight is 249 g/mol. The number of nitrogens with two attached hydrogens (primary N) is 1. The lowest BCUT2D eigenvalue weighted by molar-refractivity contribution is -0.146. The van der Waals surface area contributed by atoms with Gasteiger partial charge in [-0.05, 0) is 12.0 Å². The highest BCUT2D eigenvalue weighted by molar-refractivity contribution is 5.88. The first-order valence-corrected chi connectivity index (χ1v) is 5.94. The molecule has 0 amide bonds. The molecule has 18 heavy (non-hydrogen) atoms. The van der Waals surface area contributed by atoms with Gasteiger partial charge in [0.15, 0.2) is 5.78 Å². The molecular formula is C14H19NO3. The van der Waals surface area contributed by atoms with E-state index in [0.717, 1.165) is 5.56 Å². The van der Waals surface area contributed by atoms with Gasteiger partial charge in [0.25, 0.3) is 0 Å². The lowest BCUT2D eigenvalue weighted by Crippen LogP contribution is -2.34. The summed E-state index contributed by atoms with van der Waals surface area (Å²) in [6.45, 7) is 1.67. The van der Waals surface area contributed by atoms with Crippen molar-refractivity contribution in [1.29, 1.82) is 0 Å². The summed E-state index contributed by atoms with van der Waals surface area (Å²) in [6, 6.07) is 9.01. The molecule has 4 heteroatoms. The van der Waals surface area contributed by atoms with Crippen molar-refractivity contribution in [1.82, 2.24) is 0 Å². The summed E-state index contributed by atoms with van der Waals surface area (Å²) in [6.07, 6.45) is 0.619. The number of ketones is 1. The van der Waals surface area contributed by atoms with Gasteiger partial charge in [-0.25, -0.2) is 0 Å². The highest BCUT2D eigenvalue weighted by Crippen LogP contribution is 2.09. The first-order valence-electron chi connectivity index (χ1n) is 5.94. The second-order valence-electron chi connectivity index (χ2n) is 4.39. The molecule has 2 N–H and O–H groups in total. The van der Waals surface area contributed by atoms with E-state index in [2.05, 4.69) is 4.74 Å². The predicted molar refractivity (Wildman–Crippen MR) is 68.9 cm³/mol. The third-order valence-electron chi connectivity index (χ3n) is 2.82. The number of methoxy groups -OCH3 is 1. The van der Waals surface area contributed by atoms with Crippen LogP contribution >= 0.6 is 0 Å². The summed E-state index contributed by atoms with van der Waals surface area (Å²) in [7, 11) is 1.31. The number of carbonyl (C=O) groups excluding carboxylic acids is 2. The molecular weight excluding hydrogens is 230 g/mol. The van der Waals surface area contributed by atoms with Gasteiger partial charge in [-0.2, -0.15) is 0 Å². The minimum absolute atomic E-state index is 0.114. The minimum Gasteiger partial charge on any atom is -0.469 e. The van der Waals surface area contributed by atoms with Crippen LogP contribution in [-0.2, 0) is 20.7 Å². The van der Waals surface area contributed by atoms with Crippen LogP contribution in [0.25, 0.3) is 0 Å². The maximum atomic E-state index is 11.8. The summed E-state index contributed by atoms with van der Waals surface area (Å²) in [5.74, 6) is -0.934. The zero-order chi connectivity index (χ0) is 13.5. The van der Waals surface area contributed by atoms with E-state index in [0.29, 0.717) is 6.42 Å². The van der Waals surface area contributed by atoms with Crippen molar-refractivity contribution in [2.24, 2.45) is 11.7 Å². The Balaban J connectivity index is 2.49. The molecule has 0 bridgehead atoms. The van der Waals surface area contributed by atoms with Crippen LogP contribution in [0.2, 0.25) is 0 Å². The van der Waals surface area contributed by atoms with Gasteiger partial charge in [-0.15, -0.1) is 0 Å². The largest absolute Gasteiger partial charge is 0.469 e. The fraction of sp³-hybridized carbons (Fsp3) is 0.429. The zero-order valence-electron chi connectivity index (χ0n) is 10.8. The molecule has 0 aromatic heterocycles. The zero-order valence-corrected chi connectivity index (χ0v) is 10.8. The van der Waals surface area contributed by atoms with E-state index in [1.165, 1.54) is 7.11 Å². The fourth-order valence-electron chi connectivity index (χ4n) is 1.72. The predicted octanol–water partition coefficient (Wildman–Crippen LogP) is 1.32. The molecule has 0 saturated carbocycles. The van der Waals surface area contributed by atoms with Crippen molar-refractivity contribution >= 4 is 11.8 Å². The van der Waals surface area contributed by atoms with E-state index in [1.54, 1.807) is 6.92 Å². The molecule has 0 aliphatic rings. The Morgan fingerprint density at radius 3 is 2.44 bits per heavy atom. The quantitative estimate of drug-likeness (QED) is 0.772. The fourth-order valence-corrected chi connectivity index (χ4v) is 1.72. The third kappa shape index (κ3) is 4.30. The minimum atomic E-state index is -0.570. The molecule has 0 saturated heterocycles. The smallest absolute Gasteiger partial charge is 0.308 e. The Morgan fingerprint density at radius 2 is 1.89 bits per heavy atom. The van der Waals surface area contributed by atoms with E-state index in [9.17, 15) is 9.59 Å². The second kappa shape index (κ2) is 6.91. The van der Waals surface area contributed by atoms with Gasteiger partial charge in [0.05, 0.1) is 19.1 Å². The highest BCUT2D eigenvalue weighted by atomic mass is 16.5. The number of rotatable bonds is 6. The number of benzene rings is 1. The summed E-state index contributed by atoms with van der Waals surface area (Å²) >= 11 is 0. The molecule has 0 aliphatic heterocycles. The number of carbonyl (C=O) groups is 2. The van der Waals surface area contributed by atoms with Gasteiger partial charge in [-0.3, -0.25) is 9.59 Å². The Labute approximate surface area is 107 Å². The van der Waals surface area contributed by atoms with Crippen molar-refractivity contribution in [2.45, 2.75) is 25.8 Å². The first kappa shape index (κ1) is 14.4. The van der Waals surface area contributed by atoms with E-state index < -0.39 is 12.0 Å². The van der Waals surface area contributed by atoms with Crippen molar-refractivity contribution in [3.63, 3.8) is 0 Å². The molecule has 0 unspecified atom stereocenters. The van der Waals surface area contributed by atoms with Crippen LogP contribution < -0.4 is 5.73 Å². The molecule has 2 atom stereocenters. The van der Waals surface area contributed by atoms with Gasteiger partial charge in [-0.1, -0.05) is 37.3 Å². The topological polar surface area (TPSA) is 69.4 Å². The molecule has 1 aromatic carbocycles. The van der Waals surface area contributed by atoms with Crippen molar-refractivity contribution < 1.29 is 14.3 Å². The normalized spacial score (nSPS) is 13.7. The molecule has 1 aromatic rings. The summed E-state index contributed by atoms with van der Waals surface area (Å²) < 4.78 is 4.58. The monoisotopic (exact) mass is 249 g/mol. The van der Waals surface area contributed by atoms with Crippen molar-refractivity contribution in [2.75, 3.05) is 7.11 Å². The van der Waals surface area contributed by atoms with Crippen LogP contribution in [0.1, 0.15) is 18.9 Å². The Morgan fingerprint density at radius 1 is 1.28 bits per heavy atom. The molecule has 0 spiro atoms. The molecule has 0 fully saturated rings. The molecule has 0 heterocycles. The summed E-state index contributed by atoms with van der Waals surface area (Å²) in [5.41, 5.74) is 6.86. The average Bonchev–Trinajstić information content (AvgIpc) is 2.38. The number of Topliss-reactive ketones (excluding diaryl/α,β-unsaturated/α-hetero) is 1. The van der Waals surface area contributed by atoms with Gasteiger partial charge >= 0.3 is 5.97 Å². The Kier molecular flexibility index (Phi) is 5.52. The van der Waals surface area contributed by atoms with Gasteiger partial charge in [0, 0.05) is 6.42 Å². The number of ether oxygens (including phenoxy) is 1. The molecule has 98 valence electrons. The lowest BCUT2D eigenvalue weighted by atomic mass is 9.96. The SMILES string of the molecule is COC(=O)[C@H](C)CC(=O)[C@@H](N)Cc1ccccc1. The van der Waals surface area contributed by atoms with Crippen molar-refractivity contribution in [3.05, 3.63) is 35.9 Å². The van der Waals surface area contributed by atoms with Crippen molar-refractivity contribution in [3.8, 4) is 0 Å². The second-order valence-corrected chi connectivity index (χ2v) is 4.39. The van der Waals surface area contributed by atoms with Crippen LogP contribution in [0.15, 0.2) is 30.3 Å². The van der Waals surface area contributed by atoms with E-state index >= 15 is 0 Å². The molecule has 0 aliphatic carbocycles. The maximum Gasteiger partial charge on any atom is 0.308 e. The van der Waals surface area contributed by atoms with Gasteiger partial charge in [0.2, 0.25) is 0 Å². The van der Waals surface area contributed by atoms with E-state index in [4.69, 9.17) is 5.73 Å². The molecule has 4 nitrogen and oxygen atoms in total.